The Kier molecular flexibility index (Phi) is 3.62. The Morgan fingerprint density at radius 2 is 2.20 bits per heavy atom. The van der Waals surface area contributed by atoms with Crippen molar-refractivity contribution in [3.05, 3.63) is 29.8 Å². The second-order valence-electron chi connectivity index (χ2n) is 4.13. The van der Waals surface area contributed by atoms with Crippen molar-refractivity contribution in [2.24, 2.45) is 0 Å². The molecule has 1 aromatic carbocycles. The Hall–Kier alpha value is -1.02. The van der Waals surface area contributed by atoms with Crippen LogP contribution in [0.1, 0.15) is 37.3 Å². The van der Waals surface area contributed by atoms with E-state index >= 15 is 0 Å². The Labute approximate surface area is 91.6 Å². The third-order valence-corrected chi connectivity index (χ3v) is 3.06. The summed E-state index contributed by atoms with van der Waals surface area (Å²) >= 11 is 0. The molecule has 2 nitrogen and oxygen atoms in total. The van der Waals surface area contributed by atoms with Gasteiger partial charge in [-0.25, -0.2) is 0 Å². The van der Waals surface area contributed by atoms with Crippen LogP contribution in [0, 0.1) is 0 Å². The van der Waals surface area contributed by atoms with Gasteiger partial charge in [-0.1, -0.05) is 25.0 Å². The minimum absolute atomic E-state index is 0.516. The highest BCUT2D eigenvalue weighted by Gasteiger charge is 2.13. The standard InChI is InChI=1S/C13H19NO/c1-15-12-7-5-6-11(10-12)13-8-3-2-4-9-14-13/h5-7,10,13-14H,2-4,8-9H2,1H3/t13-/m0/s1. The van der Waals surface area contributed by atoms with Gasteiger partial charge in [-0.05, 0) is 37.1 Å². The number of ether oxygens (including phenoxy) is 1. The second-order valence-corrected chi connectivity index (χ2v) is 4.13. The van der Waals surface area contributed by atoms with Crippen molar-refractivity contribution >= 4 is 0 Å². The van der Waals surface area contributed by atoms with E-state index in [-0.39, 0.29) is 0 Å². The molecule has 0 radical (unpaired) electrons. The van der Waals surface area contributed by atoms with E-state index in [1.165, 1.54) is 31.2 Å². The maximum atomic E-state index is 5.25. The molecule has 1 N–H and O–H groups in total. The lowest BCUT2D eigenvalue weighted by Crippen LogP contribution is -2.20. The predicted molar refractivity (Wildman–Crippen MR) is 62.2 cm³/mol. The summed E-state index contributed by atoms with van der Waals surface area (Å²) in [5, 5.41) is 3.59. The smallest absolute Gasteiger partial charge is 0.119 e. The molecule has 0 bridgehead atoms. The van der Waals surface area contributed by atoms with Crippen LogP contribution < -0.4 is 10.1 Å². The van der Waals surface area contributed by atoms with Crippen LogP contribution in [0.2, 0.25) is 0 Å². The summed E-state index contributed by atoms with van der Waals surface area (Å²) in [5.41, 5.74) is 1.36. The molecule has 15 heavy (non-hydrogen) atoms. The minimum Gasteiger partial charge on any atom is -0.497 e. The molecule has 82 valence electrons. The Balaban J connectivity index is 2.12. The first-order chi connectivity index (χ1) is 7.40. The highest BCUT2D eigenvalue weighted by molar-refractivity contribution is 5.30. The molecule has 0 aliphatic carbocycles. The normalized spacial score (nSPS) is 22.1. The maximum absolute atomic E-state index is 5.25. The molecule has 1 saturated heterocycles. The summed E-state index contributed by atoms with van der Waals surface area (Å²) in [6, 6.07) is 8.91. The fourth-order valence-electron chi connectivity index (χ4n) is 2.17. The van der Waals surface area contributed by atoms with Crippen molar-refractivity contribution in [2.45, 2.75) is 31.7 Å². The molecule has 2 heteroatoms. The van der Waals surface area contributed by atoms with Crippen LogP contribution in [-0.4, -0.2) is 13.7 Å². The summed E-state index contributed by atoms with van der Waals surface area (Å²) in [7, 11) is 1.72. The van der Waals surface area contributed by atoms with Gasteiger partial charge in [-0.2, -0.15) is 0 Å². The van der Waals surface area contributed by atoms with E-state index in [1.807, 2.05) is 6.07 Å². The van der Waals surface area contributed by atoms with Crippen LogP contribution >= 0.6 is 0 Å². The number of benzene rings is 1. The fourth-order valence-corrected chi connectivity index (χ4v) is 2.17. The molecule has 1 atom stereocenters. The molecule has 1 aliphatic heterocycles. The van der Waals surface area contributed by atoms with Gasteiger partial charge >= 0.3 is 0 Å². The summed E-state index contributed by atoms with van der Waals surface area (Å²) in [5.74, 6) is 0.957. The van der Waals surface area contributed by atoms with E-state index in [4.69, 9.17) is 4.74 Å². The molecule has 1 aliphatic rings. The molecule has 1 fully saturated rings. The first-order valence-corrected chi connectivity index (χ1v) is 5.77. The highest BCUT2D eigenvalue weighted by atomic mass is 16.5. The van der Waals surface area contributed by atoms with Gasteiger partial charge in [0.05, 0.1) is 7.11 Å². The van der Waals surface area contributed by atoms with Crippen LogP contribution in [-0.2, 0) is 0 Å². The molecule has 2 rings (SSSR count). The highest BCUT2D eigenvalue weighted by Crippen LogP contribution is 2.25. The van der Waals surface area contributed by atoms with E-state index < -0.39 is 0 Å². The summed E-state index contributed by atoms with van der Waals surface area (Å²) in [6.45, 7) is 1.14. The van der Waals surface area contributed by atoms with E-state index in [0.29, 0.717) is 6.04 Å². The van der Waals surface area contributed by atoms with Crippen molar-refractivity contribution < 1.29 is 4.74 Å². The fraction of sp³-hybridized carbons (Fsp3) is 0.538. The number of rotatable bonds is 2. The van der Waals surface area contributed by atoms with Crippen LogP contribution in [0.3, 0.4) is 0 Å². The third kappa shape index (κ3) is 2.72. The van der Waals surface area contributed by atoms with Gasteiger partial charge in [-0.3, -0.25) is 0 Å². The molecule has 0 amide bonds. The maximum Gasteiger partial charge on any atom is 0.119 e. The average molecular weight is 205 g/mol. The lowest BCUT2D eigenvalue weighted by Gasteiger charge is -2.16. The van der Waals surface area contributed by atoms with Gasteiger partial charge in [0.1, 0.15) is 5.75 Å². The average Bonchev–Trinajstić information content (AvgIpc) is 2.58. The predicted octanol–water partition coefficient (Wildman–Crippen LogP) is 2.90. The van der Waals surface area contributed by atoms with Crippen molar-refractivity contribution in [1.29, 1.82) is 0 Å². The Morgan fingerprint density at radius 1 is 1.27 bits per heavy atom. The van der Waals surface area contributed by atoms with Crippen LogP contribution in [0.15, 0.2) is 24.3 Å². The van der Waals surface area contributed by atoms with Crippen LogP contribution in [0.25, 0.3) is 0 Å². The SMILES string of the molecule is COc1cccc([C@@H]2CCCCCN2)c1. The van der Waals surface area contributed by atoms with Crippen LogP contribution in [0.5, 0.6) is 5.75 Å². The molecule has 0 saturated carbocycles. The quantitative estimate of drug-likeness (QED) is 0.801. The Bertz CT molecular complexity index is 303. The van der Waals surface area contributed by atoms with E-state index in [0.717, 1.165) is 12.3 Å². The summed E-state index contributed by atoms with van der Waals surface area (Å²) < 4.78 is 5.25. The molecule has 1 heterocycles. The van der Waals surface area contributed by atoms with Gasteiger partial charge < -0.3 is 10.1 Å². The summed E-state index contributed by atoms with van der Waals surface area (Å²) in [6.07, 6.45) is 5.23. The number of hydrogen-bond acceptors (Lipinski definition) is 2. The molecule has 0 aromatic heterocycles. The van der Waals surface area contributed by atoms with Gasteiger partial charge in [0.15, 0.2) is 0 Å². The first-order valence-electron chi connectivity index (χ1n) is 5.77. The van der Waals surface area contributed by atoms with Crippen molar-refractivity contribution in [3.63, 3.8) is 0 Å². The number of nitrogens with one attached hydrogen (secondary N) is 1. The van der Waals surface area contributed by atoms with Gasteiger partial charge in [0, 0.05) is 6.04 Å². The molecule has 1 aromatic rings. The Morgan fingerprint density at radius 3 is 3.07 bits per heavy atom. The molecular weight excluding hydrogens is 186 g/mol. The molecule has 0 spiro atoms. The van der Waals surface area contributed by atoms with Crippen molar-refractivity contribution in [1.82, 2.24) is 5.32 Å². The lowest BCUT2D eigenvalue weighted by atomic mass is 10.0. The third-order valence-electron chi connectivity index (χ3n) is 3.06. The van der Waals surface area contributed by atoms with Gasteiger partial charge in [0.25, 0.3) is 0 Å². The summed E-state index contributed by atoms with van der Waals surface area (Å²) in [4.78, 5) is 0. The largest absolute Gasteiger partial charge is 0.497 e. The zero-order chi connectivity index (χ0) is 10.5. The molecule has 0 unspecified atom stereocenters. The van der Waals surface area contributed by atoms with E-state index in [2.05, 4.69) is 23.5 Å². The van der Waals surface area contributed by atoms with E-state index in [1.54, 1.807) is 7.11 Å². The van der Waals surface area contributed by atoms with Crippen molar-refractivity contribution in [2.75, 3.05) is 13.7 Å². The number of hydrogen-bond donors (Lipinski definition) is 1. The van der Waals surface area contributed by atoms with E-state index in [9.17, 15) is 0 Å². The topological polar surface area (TPSA) is 21.3 Å². The lowest BCUT2D eigenvalue weighted by molar-refractivity contribution is 0.412. The zero-order valence-electron chi connectivity index (χ0n) is 9.33. The molecular formula is C13H19NO. The van der Waals surface area contributed by atoms with Gasteiger partial charge in [0.2, 0.25) is 0 Å². The first kappa shape index (κ1) is 10.5. The second kappa shape index (κ2) is 5.17. The zero-order valence-corrected chi connectivity index (χ0v) is 9.33. The monoisotopic (exact) mass is 205 g/mol. The number of methoxy groups -OCH3 is 1. The van der Waals surface area contributed by atoms with Gasteiger partial charge in [-0.15, -0.1) is 0 Å². The van der Waals surface area contributed by atoms with Crippen molar-refractivity contribution in [3.8, 4) is 5.75 Å². The van der Waals surface area contributed by atoms with Crippen LogP contribution in [0.4, 0.5) is 0 Å². The minimum atomic E-state index is 0.516.